The van der Waals surface area contributed by atoms with E-state index in [0.29, 0.717) is 64.9 Å². The number of thiazole rings is 1. The molecule has 2 unspecified atom stereocenters. The van der Waals surface area contributed by atoms with Gasteiger partial charge >= 0.3 is 18.0 Å². The van der Waals surface area contributed by atoms with Crippen LogP contribution in [0.5, 0.6) is 0 Å². The summed E-state index contributed by atoms with van der Waals surface area (Å²) in [5.74, 6) is -1.47. The number of hydrogen-bond acceptors (Lipinski definition) is 9. The van der Waals surface area contributed by atoms with Gasteiger partial charge in [0.25, 0.3) is 0 Å². The van der Waals surface area contributed by atoms with E-state index in [1.54, 1.807) is 31.0 Å². The molecule has 2 saturated heterocycles. The number of methoxy groups -OCH3 is 1. The largest absolute Gasteiger partial charge is 0.481 e. The highest BCUT2D eigenvalue weighted by atomic mass is 79.9. The van der Waals surface area contributed by atoms with Gasteiger partial charge in [0.2, 0.25) is 0 Å². The minimum absolute atomic E-state index is 0.105. The SMILES string of the molecule is COC(=O)C1=C(CN2CCN3C(=O)N(CC(C)(C)C(=O)O)CC3(C)C2)NC(c2nccs2)=NC1c1ccc(F)cc1Br. The molecule has 0 aliphatic carbocycles. The molecule has 4 heterocycles. The average Bonchev–Trinajstić information content (AvgIpc) is 3.54. The van der Waals surface area contributed by atoms with Gasteiger partial charge in [-0.2, -0.15) is 0 Å². The Balaban J connectivity index is 1.47. The number of aliphatic imine (C=N–C) groups is 1. The molecule has 3 aliphatic heterocycles. The van der Waals surface area contributed by atoms with Crippen molar-refractivity contribution in [1.82, 2.24) is 25.0 Å². The Morgan fingerprint density at radius 2 is 2.07 bits per heavy atom. The summed E-state index contributed by atoms with van der Waals surface area (Å²) in [4.78, 5) is 53.1. The molecule has 2 N–H and O–H groups in total. The number of aromatic nitrogens is 1. The van der Waals surface area contributed by atoms with Crippen LogP contribution in [0.2, 0.25) is 0 Å². The molecule has 2 aromatic rings. The first-order valence-corrected chi connectivity index (χ1v) is 15.0. The van der Waals surface area contributed by atoms with Crippen molar-refractivity contribution < 1.29 is 28.6 Å². The highest BCUT2D eigenvalue weighted by Crippen LogP contribution is 2.38. The minimum atomic E-state index is -1.08. The van der Waals surface area contributed by atoms with E-state index >= 15 is 0 Å². The molecule has 2 amide bonds. The summed E-state index contributed by atoms with van der Waals surface area (Å²) in [6.45, 7) is 7.51. The first kappa shape index (κ1) is 30.1. The Morgan fingerprint density at radius 3 is 2.71 bits per heavy atom. The minimum Gasteiger partial charge on any atom is -0.481 e. The van der Waals surface area contributed by atoms with Crippen LogP contribution >= 0.6 is 27.3 Å². The van der Waals surface area contributed by atoms with E-state index in [1.807, 2.05) is 17.2 Å². The quantitative estimate of drug-likeness (QED) is 0.412. The molecule has 11 nitrogen and oxygen atoms in total. The number of carbonyl (C=O) groups excluding carboxylic acids is 2. The van der Waals surface area contributed by atoms with Gasteiger partial charge in [-0.3, -0.25) is 14.7 Å². The number of aliphatic carboxylic acids is 1. The van der Waals surface area contributed by atoms with Gasteiger partial charge in [-0.25, -0.2) is 19.0 Å². The molecule has 1 aromatic heterocycles. The second-order valence-electron chi connectivity index (χ2n) is 11.6. The van der Waals surface area contributed by atoms with E-state index in [4.69, 9.17) is 9.73 Å². The summed E-state index contributed by atoms with van der Waals surface area (Å²) in [7, 11) is 1.31. The number of ether oxygens (including phenoxy) is 1. The van der Waals surface area contributed by atoms with Crippen LogP contribution in [0.25, 0.3) is 0 Å². The van der Waals surface area contributed by atoms with Crippen LogP contribution in [0.4, 0.5) is 9.18 Å². The van der Waals surface area contributed by atoms with Crippen LogP contribution in [0.15, 0.2) is 50.5 Å². The topological polar surface area (TPSA) is 128 Å². The lowest BCUT2D eigenvalue weighted by molar-refractivity contribution is -0.147. The third-order valence-electron chi connectivity index (χ3n) is 7.86. The highest BCUT2D eigenvalue weighted by Gasteiger charge is 2.51. The van der Waals surface area contributed by atoms with Crippen LogP contribution in [-0.2, 0) is 14.3 Å². The van der Waals surface area contributed by atoms with Crippen molar-refractivity contribution in [2.24, 2.45) is 10.4 Å². The van der Waals surface area contributed by atoms with E-state index < -0.39 is 34.8 Å². The molecule has 3 aliphatic rings. The summed E-state index contributed by atoms with van der Waals surface area (Å²) in [6, 6.07) is 3.29. The number of halogens is 2. The number of benzene rings is 1. The van der Waals surface area contributed by atoms with Gasteiger partial charge in [0.05, 0.1) is 23.6 Å². The Bertz CT molecular complexity index is 1480. The maximum Gasteiger partial charge on any atom is 0.338 e. The van der Waals surface area contributed by atoms with Crippen molar-refractivity contribution in [2.45, 2.75) is 32.4 Å². The summed E-state index contributed by atoms with van der Waals surface area (Å²) in [6.07, 6.45) is 1.67. The zero-order valence-corrected chi connectivity index (χ0v) is 26.1. The lowest BCUT2D eigenvalue weighted by Crippen LogP contribution is -2.60. The Kier molecular flexibility index (Phi) is 8.16. The summed E-state index contributed by atoms with van der Waals surface area (Å²) >= 11 is 4.84. The van der Waals surface area contributed by atoms with Crippen LogP contribution in [-0.4, -0.2) is 101 Å². The highest BCUT2D eigenvalue weighted by molar-refractivity contribution is 9.10. The Morgan fingerprint density at radius 1 is 1.31 bits per heavy atom. The lowest BCUT2D eigenvalue weighted by atomic mass is 9.92. The van der Waals surface area contributed by atoms with E-state index in [-0.39, 0.29) is 12.6 Å². The van der Waals surface area contributed by atoms with Crippen molar-refractivity contribution in [1.29, 1.82) is 0 Å². The number of carbonyl (C=O) groups is 3. The van der Waals surface area contributed by atoms with Crippen LogP contribution < -0.4 is 5.32 Å². The maximum absolute atomic E-state index is 14.0. The summed E-state index contributed by atoms with van der Waals surface area (Å²) in [5.41, 5.74) is -0.170. The van der Waals surface area contributed by atoms with Gasteiger partial charge in [-0.1, -0.05) is 22.0 Å². The van der Waals surface area contributed by atoms with E-state index in [0.717, 1.165) is 0 Å². The zero-order valence-electron chi connectivity index (χ0n) is 23.7. The second kappa shape index (κ2) is 11.4. The van der Waals surface area contributed by atoms with Gasteiger partial charge in [-0.05, 0) is 38.5 Å². The monoisotopic (exact) mass is 662 g/mol. The van der Waals surface area contributed by atoms with Crippen molar-refractivity contribution in [3.63, 3.8) is 0 Å². The number of fused-ring (bicyclic) bond motifs is 1. The summed E-state index contributed by atoms with van der Waals surface area (Å²) < 4.78 is 19.7. The fraction of sp³-hybridized carbons (Fsp3) is 0.464. The van der Waals surface area contributed by atoms with Gasteiger partial charge in [-0.15, -0.1) is 11.3 Å². The Hall–Kier alpha value is -3.36. The molecule has 0 bridgehead atoms. The molecule has 0 radical (unpaired) electrons. The molecule has 42 heavy (non-hydrogen) atoms. The lowest BCUT2D eigenvalue weighted by Gasteiger charge is -2.44. The van der Waals surface area contributed by atoms with Gasteiger partial charge in [0.1, 0.15) is 11.9 Å². The van der Waals surface area contributed by atoms with Crippen molar-refractivity contribution in [3.05, 3.63) is 61.9 Å². The average molecular weight is 664 g/mol. The number of carboxylic acid groups (broad SMARTS) is 1. The number of esters is 1. The van der Waals surface area contributed by atoms with Crippen molar-refractivity contribution >= 4 is 51.1 Å². The van der Waals surface area contributed by atoms with Crippen LogP contribution in [0.1, 0.15) is 37.4 Å². The molecule has 0 saturated carbocycles. The van der Waals surface area contributed by atoms with Crippen LogP contribution in [0, 0.1) is 11.2 Å². The van der Waals surface area contributed by atoms with Crippen LogP contribution in [0.3, 0.4) is 0 Å². The first-order chi connectivity index (χ1) is 19.8. The number of carboxylic acids is 1. The normalized spacial score (nSPS) is 23.0. The third kappa shape index (κ3) is 5.66. The van der Waals surface area contributed by atoms with Crippen molar-refractivity contribution in [2.75, 3.05) is 46.4 Å². The fourth-order valence-electron chi connectivity index (χ4n) is 5.76. The van der Waals surface area contributed by atoms with Gasteiger partial charge < -0.3 is 25.0 Å². The number of rotatable bonds is 8. The molecular weight excluding hydrogens is 631 g/mol. The smallest absolute Gasteiger partial charge is 0.338 e. The first-order valence-electron chi connectivity index (χ1n) is 13.4. The van der Waals surface area contributed by atoms with E-state index in [2.05, 4.69) is 31.1 Å². The third-order valence-corrected chi connectivity index (χ3v) is 9.33. The van der Waals surface area contributed by atoms with Gasteiger partial charge in [0.15, 0.2) is 10.8 Å². The number of urea groups is 1. The molecular formula is C28H32BrFN6O5S. The number of piperazine rings is 1. The molecule has 2 fully saturated rings. The number of nitrogens with one attached hydrogen (secondary N) is 1. The molecule has 0 spiro atoms. The number of hydrogen-bond donors (Lipinski definition) is 2. The number of amides is 2. The fourth-order valence-corrected chi connectivity index (χ4v) is 6.92. The molecule has 1 aromatic carbocycles. The predicted molar refractivity (Wildman–Crippen MR) is 158 cm³/mol. The van der Waals surface area contributed by atoms with Crippen molar-refractivity contribution in [3.8, 4) is 0 Å². The molecule has 14 heteroatoms. The summed E-state index contributed by atoms with van der Waals surface area (Å²) in [5, 5.41) is 15.4. The molecule has 224 valence electrons. The standard InChI is InChI=1S/C28H32BrFN6O5S/c1-27(2,25(38)39)13-35-15-28(3)14-34(8-9-36(28)26(35)40)12-19-20(24(37)41-4)21(17-6-5-16(30)11-18(17)29)33-22(32-19)23-31-7-10-42-23/h5-7,10-11,21H,8-9,12-15H2,1-4H3,(H,32,33)(H,38,39). The second-order valence-corrected chi connectivity index (χ2v) is 13.3. The maximum atomic E-state index is 14.0. The number of nitrogens with zero attached hydrogens (tertiary/aromatic N) is 5. The Labute approximate surface area is 255 Å². The molecule has 2 atom stereocenters. The zero-order chi connectivity index (χ0) is 30.4. The van der Waals surface area contributed by atoms with E-state index in [9.17, 15) is 23.9 Å². The predicted octanol–water partition coefficient (Wildman–Crippen LogP) is 3.49. The van der Waals surface area contributed by atoms with Gasteiger partial charge in [0, 0.05) is 61.0 Å². The number of amidine groups is 1. The molecule has 5 rings (SSSR count). The van der Waals surface area contributed by atoms with E-state index in [1.165, 1.54) is 30.6 Å².